The van der Waals surface area contributed by atoms with Gasteiger partial charge in [-0.25, -0.2) is 9.37 Å². The summed E-state index contributed by atoms with van der Waals surface area (Å²) in [5, 5.41) is 12.0. The number of nitrogens with zero attached hydrogens (tertiary/aromatic N) is 7. The van der Waals surface area contributed by atoms with Crippen LogP contribution in [0.25, 0.3) is 22.6 Å². The van der Waals surface area contributed by atoms with E-state index in [-0.39, 0.29) is 5.82 Å². The lowest BCUT2D eigenvalue weighted by Gasteiger charge is -2.35. The van der Waals surface area contributed by atoms with E-state index in [1.54, 1.807) is 12.1 Å². The second-order valence-corrected chi connectivity index (χ2v) is 8.71. The summed E-state index contributed by atoms with van der Waals surface area (Å²) in [4.78, 5) is 19.0. The molecule has 8 nitrogen and oxygen atoms in total. The molecule has 0 atom stereocenters. The molecule has 1 N–H and O–H groups in total. The smallest absolute Gasteiger partial charge is 0.227 e. The fourth-order valence-corrected chi connectivity index (χ4v) is 4.19. The summed E-state index contributed by atoms with van der Waals surface area (Å²) in [6.45, 7) is 7.60. The van der Waals surface area contributed by atoms with Gasteiger partial charge >= 0.3 is 0 Å². The average molecular weight is 473 g/mol. The van der Waals surface area contributed by atoms with Crippen molar-refractivity contribution in [3.63, 3.8) is 0 Å². The fourth-order valence-electron chi connectivity index (χ4n) is 4.19. The fraction of sp³-hybridized carbons (Fsp3) is 0.346. The Morgan fingerprint density at radius 2 is 1.66 bits per heavy atom. The molecule has 0 unspecified atom stereocenters. The highest BCUT2D eigenvalue weighted by Gasteiger charge is 2.23. The summed E-state index contributed by atoms with van der Waals surface area (Å²) >= 11 is 0. The molecule has 0 radical (unpaired) electrons. The van der Waals surface area contributed by atoms with Gasteiger partial charge in [0.1, 0.15) is 5.82 Å². The Morgan fingerprint density at radius 3 is 2.40 bits per heavy atom. The summed E-state index contributed by atoms with van der Waals surface area (Å²) in [7, 11) is 0. The predicted molar refractivity (Wildman–Crippen MR) is 136 cm³/mol. The molecule has 0 spiro atoms. The van der Waals surface area contributed by atoms with Crippen LogP contribution in [0.1, 0.15) is 25.3 Å². The third kappa shape index (κ3) is 5.51. The van der Waals surface area contributed by atoms with Crippen molar-refractivity contribution in [3.05, 3.63) is 66.0 Å². The quantitative estimate of drug-likeness (QED) is 0.409. The molecule has 4 aromatic rings. The van der Waals surface area contributed by atoms with Crippen LogP contribution in [0.5, 0.6) is 0 Å². The van der Waals surface area contributed by atoms with Crippen LogP contribution in [-0.2, 0) is 6.54 Å². The zero-order chi connectivity index (χ0) is 24.0. The van der Waals surface area contributed by atoms with E-state index in [1.807, 2.05) is 18.2 Å². The van der Waals surface area contributed by atoms with Crippen LogP contribution >= 0.6 is 0 Å². The molecule has 180 valence electrons. The minimum Gasteiger partial charge on any atom is -0.352 e. The van der Waals surface area contributed by atoms with Gasteiger partial charge < -0.3 is 10.2 Å². The number of fused-ring (bicyclic) bond motifs is 1. The van der Waals surface area contributed by atoms with Crippen LogP contribution in [-0.4, -0.2) is 62.8 Å². The maximum Gasteiger partial charge on any atom is 0.227 e. The van der Waals surface area contributed by atoms with E-state index in [2.05, 4.69) is 49.4 Å². The van der Waals surface area contributed by atoms with E-state index in [4.69, 9.17) is 9.97 Å². The third-order valence-electron chi connectivity index (χ3n) is 6.20. The number of hydrogen-bond donors (Lipinski definition) is 1. The lowest BCUT2D eigenvalue weighted by Crippen LogP contribution is -2.47. The molecule has 35 heavy (non-hydrogen) atoms. The zero-order valence-electron chi connectivity index (χ0n) is 19.9. The highest BCUT2D eigenvalue weighted by Crippen LogP contribution is 2.26. The maximum absolute atomic E-state index is 13.4. The highest BCUT2D eigenvalue weighted by atomic mass is 19.1. The Morgan fingerprint density at radius 1 is 0.886 bits per heavy atom. The zero-order valence-corrected chi connectivity index (χ0v) is 19.9. The molecule has 2 aromatic carbocycles. The highest BCUT2D eigenvalue weighted by molar-refractivity contribution is 5.85. The molecule has 3 heterocycles. The Bertz CT molecular complexity index is 1260. The van der Waals surface area contributed by atoms with Gasteiger partial charge in [-0.05, 0) is 42.8 Å². The van der Waals surface area contributed by atoms with Crippen LogP contribution in [0.3, 0.4) is 0 Å². The molecule has 9 heteroatoms. The minimum atomic E-state index is -0.304. The number of unbranched alkanes of at least 4 members (excludes halogenated alkanes) is 1. The number of aromatic nitrogens is 5. The van der Waals surface area contributed by atoms with Crippen molar-refractivity contribution in [1.82, 2.24) is 30.0 Å². The summed E-state index contributed by atoms with van der Waals surface area (Å²) < 4.78 is 13.4. The van der Waals surface area contributed by atoms with E-state index in [0.717, 1.165) is 44.1 Å². The molecule has 0 aliphatic carbocycles. The molecular formula is C26H29FN8. The van der Waals surface area contributed by atoms with Crippen LogP contribution in [0.4, 0.5) is 16.2 Å². The third-order valence-corrected chi connectivity index (χ3v) is 6.20. The maximum atomic E-state index is 13.4. The number of halogens is 1. The second kappa shape index (κ2) is 10.7. The standard InChI is InChI=1S/C26H29FN8/c1-2-3-13-34-14-16-35(17-15-34)25-22-24(30-26(31-25)28-18-19-7-5-4-6-8-19)33-32-23(29-22)20-9-11-21(27)12-10-20/h4-12H,2-3,13-18H2,1H3,(H,28,30,31,33). The van der Waals surface area contributed by atoms with Crippen molar-refractivity contribution in [2.24, 2.45) is 0 Å². The molecule has 1 aliphatic rings. The van der Waals surface area contributed by atoms with E-state index < -0.39 is 0 Å². The van der Waals surface area contributed by atoms with Gasteiger partial charge in [0.25, 0.3) is 0 Å². The van der Waals surface area contributed by atoms with Crippen molar-refractivity contribution < 1.29 is 4.39 Å². The van der Waals surface area contributed by atoms with Gasteiger partial charge in [-0.3, -0.25) is 4.90 Å². The van der Waals surface area contributed by atoms with Gasteiger partial charge in [-0.2, -0.15) is 9.97 Å². The number of rotatable bonds is 8. The molecular weight excluding hydrogens is 443 g/mol. The first kappa shape index (κ1) is 23.0. The van der Waals surface area contributed by atoms with E-state index in [9.17, 15) is 4.39 Å². The molecule has 2 aromatic heterocycles. The summed E-state index contributed by atoms with van der Waals surface area (Å²) in [5.41, 5.74) is 2.87. The van der Waals surface area contributed by atoms with Gasteiger partial charge in [0, 0.05) is 38.3 Å². The number of nitrogens with one attached hydrogen (secondary N) is 1. The van der Waals surface area contributed by atoms with Crippen LogP contribution in [0, 0.1) is 5.82 Å². The minimum absolute atomic E-state index is 0.304. The van der Waals surface area contributed by atoms with Gasteiger partial charge in [0.05, 0.1) is 0 Å². The Hall–Kier alpha value is -3.72. The van der Waals surface area contributed by atoms with E-state index >= 15 is 0 Å². The lowest BCUT2D eigenvalue weighted by atomic mass is 10.2. The Balaban J connectivity index is 1.47. The van der Waals surface area contributed by atoms with Crippen molar-refractivity contribution in [2.45, 2.75) is 26.3 Å². The molecule has 0 saturated carbocycles. The Kier molecular flexibility index (Phi) is 7.04. The van der Waals surface area contributed by atoms with E-state index in [0.29, 0.717) is 35.0 Å². The normalized spacial score (nSPS) is 14.4. The number of anilines is 2. The van der Waals surface area contributed by atoms with Crippen molar-refractivity contribution in [2.75, 3.05) is 42.9 Å². The number of hydrogen-bond acceptors (Lipinski definition) is 8. The first-order valence-electron chi connectivity index (χ1n) is 12.1. The van der Waals surface area contributed by atoms with Gasteiger partial charge in [0.2, 0.25) is 11.6 Å². The van der Waals surface area contributed by atoms with Gasteiger partial charge in [-0.15, -0.1) is 10.2 Å². The number of benzene rings is 2. The van der Waals surface area contributed by atoms with Gasteiger partial charge in [0.15, 0.2) is 17.2 Å². The van der Waals surface area contributed by atoms with Gasteiger partial charge in [-0.1, -0.05) is 43.7 Å². The molecule has 1 saturated heterocycles. The van der Waals surface area contributed by atoms with Crippen molar-refractivity contribution in [3.8, 4) is 11.4 Å². The van der Waals surface area contributed by atoms with Crippen molar-refractivity contribution >= 4 is 22.9 Å². The van der Waals surface area contributed by atoms with E-state index in [1.165, 1.54) is 25.0 Å². The molecule has 0 bridgehead atoms. The van der Waals surface area contributed by atoms with Crippen LogP contribution in [0.2, 0.25) is 0 Å². The lowest BCUT2D eigenvalue weighted by molar-refractivity contribution is 0.254. The molecule has 5 rings (SSSR count). The first-order valence-corrected chi connectivity index (χ1v) is 12.1. The average Bonchev–Trinajstić information content (AvgIpc) is 2.91. The SMILES string of the molecule is CCCCN1CCN(c2nc(NCc3ccccc3)nc3nnc(-c4ccc(F)cc4)nc23)CC1. The topological polar surface area (TPSA) is 83.0 Å². The largest absolute Gasteiger partial charge is 0.352 e. The molecule has 0 amide bonds. The van der Waals surface area contributed by atoms with Crippen molar-refractivity contribution in [1.29, 1.82) is 0 Å². The van der Waals surface area contributed by atoms with Crippen LogP contribution in [0.15, 0.2) is 54.6 Å². The van der Waals surface area contributed by atoms with Crippen LogP contribution < -0.4 is 10.2 Å². The second-order valence-electron chi connectivity index (χ2n) is 8.71. The molecule has 1 aliphatic heterocycles. The number of piperazine rings is 1. The monoisotopic (exact) mass is 472 g/mol. The predicted octanol–water partition coefficient (Wildman–Crippen LogP) is 4.16. The molecule has 1 fully saturated rings. The summed E-state index contributed by atoms with van der Waals surface area (Å²) in [6.07, 6.45) is 2.41. The summed E-state index contributed by atoms with van der Waals surface area (Å²) in [5.74, 6) is 1.37. The Labute approximate surface area is 204 Å². The summed E-state index contributed by atoms with van der Waals surface area (Å²) in [6, 6.07) is 16.2. The first-order chi connectivity index (χ1) is 17.2.